The number of anilines is 3. The molecule has 0 saturated heterocycles. The summed E-state index contributed by atoms with van der Waals surface area (Å²) in [5.41, 5.74) is 2.89. The van der Waals surface area contributed by atoms with Crippen LogP contribution in [-0.4, -0.2) is 30.3 Å². The van der Waals surface area contributed by atoms with Gasteiger partial charge in [0, 0.05) is 34.2 Å². The normalized spacial score (nSPS) is 10.3. The van der Waals surface area contributed by atoms with Crippen molar-refractivity contribution in [1.29, 1.82) is 0 Å². The first-order valence-corrected chi connectivity index (χ1v) is 10.3. The minimum atomic E-state index is -0.259. The maximum absolute atomic E-state index is 12.3. The van der Waals surface area contributed by atoms with Gasteiger partial charge in [0.2, 0.25) is 5.91 Å². The zero-order valence-corrected chi connectivity index (χ0v) is 18.0. The zero-order chi connectivity index (χ0) is 22.9. The summed E-state index contributed by atoms with van der Waals surface area (Å²) in [5.74, 6) is -0.657. The average Bonchev–Trinajstić information content (AvgIpc) is 2.78. The molecule has 0 bridgehead atoms. The van der Waals surface area contributed by atoms with Crippen molar-refractivity contribution in [3.63, 3.8) is 0 Å². The van der Waals surface area contributed by atoms with Crippen LogP contribution in [0.25, 0.3) is 0 Å². The van der Waals surface area contributed by atoms with Gasteiger partial charge in [-0.3, -0.25) is 14.4 Å². The van der Waals surface area contributed by atoms with E-state index in [1.165, 1.54) is 0 Å². The fraction of sp³-hybridized carbons (Fsp3) is 0.160. The van der Waals surface area contributed by atoms with Crippen LogP contribution < -0.4 is 21.3 Å². The highest BCUT2D eigenvalue weighted by Crippen LogP contribution is 2.16. The minimum Gasteiger partial charge on any atom is -0.376 e. The molecule has 0 unspecified atom stereocenters. The van der Waals surface area contributed by atoms with Gasteiger partial charge in [-0.2, -0.15) is 0 Å². The number of hydrogen-bond acceptors (Lipinski definition) is 4. The molecule has 0 atom stereocenters. The lowest BCUT2D eigenvalue weighted by Crippen LogP contribution is -2.30. The Morgan fingerprint density at radius 2 is 1.31 bits per heavy atom. The summed E-state index contributed by atoms with van der Waals surface area (Å²) >= 11 is 0. The molecule has 0 aliphatic heterocycles. The first-order valence-electron chi connectivity index (χ1n) is 10.3. The third kappa shape index (κ3) is 6.70. The van der Waals surface area contributed by atoms with Crippen LogP contribution in [0.15, 0.2) is 78.9 Å². The number of hydrogen-bond donors (Lipinski definition) is 4. The number of carbonyl (C=O) groups excluding carboxylic acids is 3. The Labute approximate surface area is 187 Å². The summed E-state index contributed by atoms with van der Waals surface area (Å²) in [6, 6.07) is 22.9. The van der Waals surface area contributed by atoms with Gasteiger partial charge in [0.05, 0.1) is 6.54 Å². The lowest BCUT2D eigenvalue weighted by Gasteiger charge is -2.11. The molecule has 3 rings (SSSR count). The molecule has 0 aliphatic rings. The van der Waals surface area contributed by atoms with E-state index in [1.807, 2.05) is 26.0 Å². The quantitative estimate of drug-likeness (QED) is 0.432. The van der Waals surface area contributed by atoms with Crippen LogP contribution in [0.1, 0.15) is 34.6 Å². The van der Waals surface area contributed by atoms with E-state index < -0.39 is 0 Å². The van der Waals surface area contributed by atoms with E-state index in [2.05, 4.69) is 21.3 Å². The van der Waals surface area contributed by atoms with E-state index in [0.29, 0.717) is 28.2 Å². The van der Waals surface area contributed by atoms with Gasteiger partial charge in [-0.1, -0.05) is 30.3 Å². The molecule has 164 valence electrons. The molecule has 0 aromatic heterocycles. The van der Waals surface area contributed by atoms with Crippen molar-refractivity contribution in [1.82, 2.24) is 5.32 Å². The third-order valence-corrected chi connectivity index (χ3v) is 4.44. The molecule has 7 heteroatoms. The van der Waals surface area contributed by atoms with Crippen molar-refractivity contribution < 1.29 is 14.4 Å². The van der Waals surface area contributed by atoms with E-state index >= 15 is 0 Å². The van der Waals surface area contributed by atoms with Gasteiger partial charge in [-0.05, 0) is 62.4 Å². The molecule has 32 heavy (non-hydrogen) atoms. The second-order valence-corrected chi connectivity index (χ2v) is 7.51. The summed E-state index contributed by atoms with van der Waals surface area (Å²) in [5, 5.41) is 11.5. The van der Waals surface area contributed by atoms with Crippen molar-refractivity contribution in [3.05, 3.63) is 90.0 Å². The summed E-state index contributed by atoms with van der Waals surface area (Å²) < 4.78 is 0. The Morgan fingerprint density at radius 1 is 0.688 bits per heavy atom. The highest BCUT2D eigenvalue weighted by molar-refractivity contribution is 6.04. The van der Waals surface area contributed by atoms with Crippen molar-refractivity contribution in [2.75, 3.05) is 22.5 Å². The van der Waals surface area contributed by atoms with E-state index in [0.717, 1.165) is 0 Å². The van der Waals surface area contributed by atoms with Gasteiger partial charge in [-0.15, -0.1) is 0 Å². The molecule has 0 aliphatic carbocycles. The smallest absolute Gasteiger partial charge is 0.255 e. The molecule has 3 aromatic carbocycles. The molecule has 3 aromatic rings. The van der Waals surface area contributed by atoms with Crippen LogP contribution in [0, 0.1) is 0 Å². The van der Waals surface area contributed by atoms with Crippen molar-refractivity contribution in [3.8, 4) is 0 Å². The summed E-state index contributed by atoms with van der Waals surface area (Å²) in [6.45, 7) is 3.80. The van der Waals surface area contributed by atoms with Gasteiger partial charge in [0.1, 0.15) is 0 Å². The molecule has 4 N–H and O–H groups in total. The van der Waals surface area contributed by atoms with E-state index in [9.17, 15) is 14.4 Å². The molecular formula is C25H26N4O3. The lowest BCUT2D eigenvalue weighted by atomic mass is 10.1. The Bertz CT molecular complexity index is 1100. The van der Waals surface area contributed by atoms with Gasteiger partial charge >= 0.3 is 0 Å². The van der Waals surface area contributed by atoms with Gasteiger partial charge in [-0.25, -0.2) is 0 Å². The maximum Gasteiger partial charge on any atom is 0.255 e. The van der Waals surface area contributed by atoms with Crippen LogP contribution in [0.5, 0.6) is 0 Å². The molecule has 0 spiro atoms. The first-order chi connectivity index (χ1) is 15.4. The number of carbonyl (C=O) groups is 3. The van der Waals surface area contributed by atoms with Crippen molar-refractivity contribution >= 4 is 34.8 Å². The number of amides is 3. The van der Waals surface area contributed by atoms with E-state index in [-0.39, 0.29) is 30.3 Å². The lowest BCUT2D eigenvalue weighted by molar-refractivity contribution is -0.114. The molecule has 3 amide bonds. The molecule has 7 nitrogen and oxygen atoms in total. The van der Waals surface area contributed by atoms with Crippen LogP contribution in [0.3, 0.4) is 0 Å². The predicted molar refractivity (Wildman–Crippen MR) is 127 cm³/mol. The Kier molecular flexibility index (Phi) is 7.59. The second-order valence-electron chi connectivity index (χ2n) is 7.51. The SMILES string of the molecule is CC(C)NC(=O)c1cccc(NC(=O)CNc2cccc(NC(=O)c3ccccc3)c2)c1. The Hall–Kier alpha value is -4.13. The minimum absolute atomic E-state index is 0.0261. The van der Waals surface area contributed by atoms with Crippen LogP contribution >= 0.6 is 0 Å². The molecule has 0 saturated carbocycles. The fourth-order valence-corrected chi connectivity index (χ4v) is 2.97. The highest BCUT2D eigenvalue weighted by atomic mass is 16.2. The van der Waals surface area contributed by atoms with Crippen LogP contribution in [-0.2, 0) is 4.79 Å². The average molecular weight is 431 g/mol. The van der Waals surface area contributed by atoms with E-state index in [4.69, 9.17) is 0 Å². The Morgan fingerprint density at radius 3 is 2.03 bits per heavy atom. The van der Waals surface area contributed by atoms with Gasteiger partial charge < -0.3 is 21.3 Å². The Balaban J connectivity index is 1.55. The monoisotopic (exact) mass is 430 g/mol. The fourth-order valence-electron chi connectivity index (χ4n) is 2.97. The number of rotatable bonds is 8. The molecular weight excluding hydrogens is 404 g/mol. The highest BCUT2D eigenvalue weighted by Gasteiger charge is 2.10. The summed E-state index contributed by atoms with van der Waals surface area (Å²) in [7, 11) is 0. The van der Waals surface area contributed by atoms with Crippen molar-refractivity contribution in [2.45, 2.75) is 19.9 Å². The standard InChI is InChI=1S/C25H26N4O3/c1-17(2)27-25(32)19-10-6-12-21(14-19)28-23(30)16-26-20-11-7-13-22(15-20)29-24(31)18-8-4-3-5-9-18/h3-15,17,26H,16H2,1-2H3,(H,27,32)(H,28,30)(H,29,31). The molecule has 0 radical (unpaired) electrons. The summed E-state index contributed by atoms with van der Waals surface area (Å²) in [6.07, 6.45) is 0. The summed E-state index contributed by atoms with van der Waals surface area (Å²) in [4.78, 5) is 36.8. The molecule has 0 fully saturated rings. The molecule has 0 heterocycles. The van der Waals surface area contributed by atoms with Gasteiger partial charge in [0.15, 0.2) is 0 Å². The first kappa shape index (κ1) is 22.6. The van der Waals surface area contributed by atoms with Crippen molar-refractivity contribution in [2.24, 2.45) is 0 Å². The predicted octanol–water partition coefficient (Wildman–Crippen LogP) is 4.13. The number of benzene rings is 3. The maximum atomic E-state index is 12.3. The van der Waals surface area contributed by atoms with Crippen LogP contribution in [0.2, 0.25) is 0 Å². The third-order valence-electron chi connectivity index (χ3n) is 4.44. The largest absolute Gasteiger partial charge is 0.376 e. The zero-order valence-electron chi connectivity index (χ0n) is 18.0. The topological polar surface area (TPSA) is 99.3 Å². The second kappa shape index (κ2) is 10.8. The number of nitrogens with one attached hydrogen (secondary N) is 4. The van der Waals surface area contributed by atoms with Gasteiger partial charge in [0.25, 0.3) is 11.8 Å². The van der Waals surface area contributed by atoms with Crippen LogP contribution in [0.4, 0.5) is 17.1 Å². The van der Waals surface area contributed by atoms with E-state index in [1.54, 1.807) is 66.7 Å².